The molecule has 2 amide bonds. The number of carbonyl (C=O) groups excluding carboxylic acids is 2. The summed E-state index contributed by atoms with van der Waals surface area (Å²) in [5, 5.41) is 2.81. The van der Waals surface area contributed by atoms with Gasteiger partial charge in [-0.1, -0.05) is 25.1 Å². The van der Waals surface area contributed by atoms with E-state index in [1.165, 1.54) is 11.1 Å². The van der Waals surface area contributed by atoms with Crippen molar-refractivity contribution in [2.24, 2.45) is 0 Å². The lowest BCUT2D eigenvalue weighted by molar-refractivity contribution is -0.156. The van der Waals surface area contributed by atoms with Crippen LogP contribution >= 0.6 is 0 Å². The van der Waals surface area contributed by atoms with Crippen LogP contribution in [0.2, 0.25) is 0 Å². The molecular formula is C17H24N2O2. The highest BCUT2D eigenvalue weighted by Gasteiger charge is 2.45. The number of carbonyl (C=O) groups is 2. The van der Waals surface area contributed by atoms with Gasteiger partial charge in [-0.2, -0.15) is 0 Å². The van der Waals surface area contributed by atoms with Crippen LogP contribution in [0.5, 0.6) is 0 Å². The molecule has 1 aromatic rings. The van der Waals surface area contributed by atoms with Crippen LogP contribution in [-0.4, -0.2) is 28.3 Å². The summed E-state index contributed by atoms with van der Waals surface area (Å²) in [5.74, 6) is -0.0851. The Morgan fingerprint density at radius 3 is 2.43 bits per heavy atom. The molecule has 0 aromatic heterocycles. The van der Waals surface area contributed by atoms with Gasteiger partial charge in [0.15, 0.2) is 0 Å². The molecule has 4 heteroatoms. The molecule has 1 heterocycles. The van der Waals surface area contributed by atoms with Crippen molar-refractivity contribution in [2.45, 2.75) is 59.2 Å². The van der Waals surface area contributed by atoms with E-state index in [4.69, 9.17) is 0 Å². The topological polar surface area (TPSA) is 49.4 Å². The first-order valence-corrected chi connectivity index (χ1v) is 7.46. The van der Waals surface area contributed by atoms with Crippen LogP contribution in [0.25, 0.3) is 0 Å². The van der Waals surface area contributed by atoms with Crippen LogP contribution in [0.1, 0.15) is 43.9 Å². The highest BCUT2D eigenvalue weighted by molar-refractivity contribution is 5.99. The lowest BCUT2D eigenvalue weighted by Crippen LogP contribution is -2.67. The minimum Gasteiger partial charge on any atom is -0.342 e. The SMILES string of the molecule is CCC1NC(=O)C(C)(C)N(Cc2ccc(C)c(C)c2)C1=O. The third-order valence-electron chi connectivity index (χ3n) is 4.42. The number of amides is 2. The lowest BCUT2D eigenvalue weighted by atomic mass is 9.93. The van der Waals surface area contributed by atoms with E-state index >= 15 is 0 Å². The van der Waals surface area contributed by atoms with Crippen LogP contribution in [-0.2, 0) is 16.1 Å². The van der Waals surface area contributed by atoms with Crippen LogP contribution in [0.4, 0.5) is 0 Å². The van der Waals surface area contributed by atoms with Gasteiger partial charge in [-0.3, -0.25) is 9.59 Å². The zero-order valence-corrected chi connectivity index (χ0v) is 13.5. The van der Waals surface area contributed by atoms with Gasteiger partial charge < -0.3 is 10.2 Å². The maximum atomic E-state index is 12.6. The van der Waals surface area contributed by atoms with Gasteiger partial charge in [0.1, 0.15) is 11.6 Å². The van der Waals surface area contributed by atoms with Crippen molar-refractivity contribution in [3.63, 3.8) is 0 Å². The Morgan fingerprint density at radius 1 is 1.19 bits per heavy atom. The van der Waals surface area contributed by atoms with E-state index in [0.717, 1.165) is 5.56 Å². The minimum absolute atomic E-state index is 0.000304. The second-order valence-corrected chi connectivity index (χ2v) is 6.34. The number of nitrogens with one attached hydrogen (secondary N) is 1. The van der Waals surface area contributed by atoms with E-state index in [0.29, 0.717) is 13.0 Å². The normalized spacial score (nSPS) is 21.4. The summed E-state index contributed by atoms with van der Waals surface area (Å²) in [6, 6.07) is 5.77. The fourth-order valence-electron chi connectivity index (χ4n) is 2.62. The molecule has 114 valence electrons. The number of rotatable bonds is 3. The van der Waals surface area contributed by atoms with Crippen LogP contribution in [0, 0.1) is 13.8 Å². The summed E-state index contributed by atoms with van der Waals surface area (Å²) in [7, 11) is 0. The lowest BCUT2D eigenvalue weighted by Gasteiger charge is -2.44. The van der Waals surface area contributed by atoms with Gasteiger partial charge in [0.25, 0.3) is 0 Å². The minimum atomic E-state index is -0.818. The maximum Gasteiger partial charge on any atom is 0.246 e. The molecule has 0 bridgehead atoms. The fourth-order valence-corrected chi connectivity index (χ4v) is 2.62. The van der Waals surface area contributed by atoms with Crippen molar-refractivity contribution < 1.29 is 9.59 Å². The molecule has 21 heavy (non-hydrogen) atoms. The number of benzene rings is 1. The molecule has 1 fully saturated rings. The first-order chi connectivity index (χ1) is 9.77. The Labute approximate surface area is 126 Å². The number of hydrogen-bond acceptors (Lipinski definition) is 2. The van der Waals surface area contributed by atoms with E-state index in [1.807, 2.05) is 13.0 Å². The summed E-state index contributed by atoms with van der Waals surface area (Å²) in [4.78, 5) is 26.5. The second kappa shape index (κ2) is 5.51. The highest BCUT2D eigenvalue weighted by atomic mass is 16.2. The van der Waals surface area contributed by atoms with E-state index in [2.05, 4.69) is 31.3 Å². The molecule has 0 saturated carbocycles. The molecule has 1 unspecified atom stereocenters. The standard InChI is InChI=1S/C17H24N2O2/c1-6-14-15(20)19(17(4,5)16(21)18-14)10-13-8-7-11(2)12(3)9-13/h7-9,14H,6,10H2,1-5H3,(H,18,21). The third kappa shape index (κ3) is 2.80. The first-order valence-electron chi connectivity index (χ1n) is 7.46. The zero-order valence-electron chi connectivity index (χ0n) is 13.5. The Balaban J connectivity index is 2.31. The quantitative estimate of drug-likeness (QED) is 0.928. The summed E-state index contributed by atoms with van der Waals surface area (Å²) < 4.78 is 0. The van der Waals surface area contributed by atoms with Crippen LogP contribution in [0.3, 0.4) is 0 Å². The molecule has 4 nitrogen and oxygen atoms in total. The molecule has 1 saturated heterocycles. The van der Waals surface area contributed by atoms with Crippen molar-refractivity contribution >= 4 is 11.8 Å². The second-order valence-electron chi connectivity index (χ2n) is 6.34. The van der Waals surface area contributed by atoms with Gasteiger partial charge >= 0.3 is 0 Å². The van der Waals surface area contributed by atoms with Crippen molar-refractivity contribution in [3.05, 3.63) is 34.9 Å². The van der Waals surface area contributed by atoms with E-state index < -0.39 is 11.6 Å². The summed E-state index contributed by atoms with van der Waals surface area (Å²) >= 11 is 0. The van der Waals surface area contributed by atoms with E-state index in [9.17, 15) is 9.59 Å². The third-order valence-corrected chi connectivity index (χ3v) is 4.42. The van der Waals surface area contributed by atoms with Crippen LogP contribution < -0.4 is 5.32 Å². The maximum absolute atomic E-state index is 12.6. The van der Waals surface area contributed by atoms with Crippen molar-refractivity contribution in [2.75, 3.05) is 0 Å². The Hall–Kier alpha value is -1.84. The number of hydrogen-bond donors (Lipinski definition) is 1. The molecule has 0 radical (unpaired) electrons. The summed E-state index contributed by atoms with van der Waals surface area (Å²) in [6.45, 7) is 10.1. The molecule has 1 aliphatic rings. The predicted octanol–water partition coefficient (Wildman–Crippen LogP) is 2.32. The summed E-state index contributed by atoms with van der Waals surface area (Å²) in [5.41, 5.74) is 2.67. The molecule has 1 aliphatic heterocycles. The van der Waals surface area contributed by atoms with Gasteiger partial charge in [-0.25, -0.2) is 0 Å². The van der Waals surface area contributed by atoms with Gasteiger partial charge in [0, 0.05) is 6.54 Å². The molecule has 0 aliphatic carbocycles. The number of piperazine rings is 1. The van der Waals surface area contributed by atoms with Crippen molar-refractivity contribution in [1.29, 1.82) is 0 Å². The van der Waals surface area contributed by atoms with E-state index in [1.54, 1.807) is 18.7 Å². The van der Waals surface area contributed by atoms with Gasteiger partial charge in [-0.15, -0.1) is 0 Å². The fraction of sp³-hybridized carbons (Fsp3) is 0.529. The smallest absolute Gasteiger partial charge is 0.246 e. The van der Waals surface area contributed by atoms with E-state index in [-0.39, 0.29) is 11.8 Å². The molecule has 1 N–H and O–H groups in total. The van der Waals surface area contributed by atoms with Crippen LogP contribution in [0.15, 0.2) is 18.2 Å². The molecule has 1 atom stereocenters. The molecular weight excluding hydrogens is 264 g/mol. The Bertz CT molecular complexity index is 578. The molecule has 2 rings (SSSR count). The van der Waals surface area contributed by atoms with Crippen molar-refractivity contribution in [1.82, 2.24) is 10.2 Å². The van der Waals surface area contributed by atoms with Gasteiger partial charge in [0.2, 0.25) is 11.8 Å². The average molecular weight is 288 g/mol. The Morgan fingerprint density at radius 2 is 1.86 bits per heavy atom. The molecule has 0 spiro atoms. The number of aryl methyl sites for hydroxylation is 2. The average Bonchev–Trinajstić information content (AvgIpc) is 2.43. The van der Waals surface area contributed by atoms with Gasteiger partial charge in [-0.05, 0) is 50.8 Å². The monoisotopic (exact) mass is 288 g/mol. The number of nitrogens with zero attached hydrogens (tertiary/aromatic N) is 1. The highest BCUT2D eigenvalue weighted by Crippen LogP contribution is 2.25. The van der Waals surface area contributed by atoms with Gasteiger partial charge in [0.05, 0.1) is 0 Å². The summed E-state index contributed by atoms with van der Waals surface area (Å²) in [6.07, 6.45) is 0.615. The Kier molecular flexibility index (Phi) is 4.08. The first kappa shape index (κ1) is 15.5. The van der Waals surface area contributed by atoms with Crippen molar-refractivity contribution in [3.8, 4) is 0 Å². The predicted molar refractivity (Wildman–Crippen MR) is 82.8 cm³/mol. The molecule has 1 aromatic carbocycles. The largest absolute Gasteiger partial charge is 0.342 e. The zero-order chi connectivity index (χ0) is 15.8.